The number of likely N-dealkylation sites (tertiary alicyclic amines) is 1. The van der Waals surface area contributed by atoms with Gasteiger partial charge in [0.25, 0.3) is 5.91 Å². The molecule has 0 spiro atoms. The van der Waals surface area contributed by atoms with Crippen LogP contribution >= 0.6 is 23.2 Å². The molecule has 3 fully saturated rings. The maximum Gasteiger partial charge on any atom is 0.433 e. The number of nitrogens with zero attached hydrogens (tertiary/aromatic N) is 4. The van der Waals surface area contributed by atoms with Crippen LogP contribution in [-0.4, -0.2) is 55.0 Å². The van der Waals surface area contributed by atoms with Gasteiger partial charge in [0.05, 0.1) is 44.9 Å². The molecule has 42 heavy (non-hydrogen) atoms. The molecule has 1 aliphatic heterocycles. The summed E-state index contributed by atoms with van der Waals surface area (Å²) in [5.41, 5.74) is -2.82. The highest BCUT2D eigenvalue weighted by Crippen LogP contribution is 2.45. The predicted molar refractivity (Wildman–Crippen MR) is 149 cm³/mol. The van der Waals surface area contributed by atoms with Gasteiger partial charge in [-0.2, -0.15) is 18.3 Å². The number of pyridine rings is 1. The van der Waals surface area contributed by atoms with Gasteiger partial charge in [0.2, 0.25) is 0 Å². The van der Waals surface area contributed by atoms with E-state index >= 15 is 0 Å². The van der Waals surface area contributed by atoms with Crippen LogP contribution in [0.25, 0.3) is 0 Å². The van der Waals surface area contributed by atoms with Crippen LogP contribution in [0.5, 0.6) is 0 Å². The van der Waals surface area contributed by atoms with Gasteiger partial charge in [0.1, 0.15) is 0 Å². The molecular formula is C29H33Cl2F3N4O4. The molecule has 228 valence electrons. The van der Waals surface area contributed by atoms with Crippen LogP contribution in [-0.2, 0) is 11.0 Å². The topological polar surface area (TPSA) is 105 Å². The molecule has 1 N–H and O–H groups in total. The Hall–Kier alpha value is -2.66. The number of hydrogen-bond donors (Lipinski definition) is 1. The van der Waals surface area contributed by atoms with Crippen LogP contribution in [0.2, 0.25) is 10.0 Å². The van der Waals surface area contributed by atoms with Crippen molar-refractivity contribution in [1.82, 2.24) is 19.7 Å². The molecule has 8 nitrogen and oxygen atoms in total. The molecule has 3 heterocycles. The van der Waals surface area contributed by atoms with Gasteiger partial charge in [0.15, 0.2) is 11.5 Å². The summed E-state index contributed by atoms with van der Waals surface area (Å²) in [6.07, 6.45) is 4.63. The number of hydrogen-bond acceptors (Lipinski definition) is 5. The first-order valence-corrected chi connectivity index (χ1v) is 15.1. The number of alkyl halides is 3. The van der Waals surface area contributed by atoms with Crippen molar-refractivity contribution in [1.29, 1.82) is 0 Å². The van der Waals surface area contributed by atoms with Crippen molar-refractivity contribution in [3.8, 4) is 0 Å². The summed E-state index contributed by atoms with van der Waals surface area (Å²) in [5.74, 6) is -2.23. The fraction of sp³-hybridized carbons (Fsp3) is 0.621. The number of carbonyl (C=O) groups is 3. The number of carboxylic acid groups (broad SMARTS) is 1. The SMILES string of the molecule is CC1(C(=O)O)CCC(n2ncc(C(=O)N3C[C@H](C4CCCCC4)C[C@@H]3C(=O)c3c(Cl)cncc3Cl)c2C(F)(F)F)CC1. The van der Waals surface area contributed by atoms with Gasteiger partial charge in [-0.1, -0.05) is 55.3 Å². The molecule has 2 saturated carbocycles. The Morgan fingerprint density at radius 3 is 2.17 bits per heavy atom. The molecule has 0 unspecified atom stereocenters. The molecule has 2 atom stereocenters. The van der Waals surface area contributed by atoms with E-state index in [1.54, 1.807) is 6.92 Å². The van der Waals surface area contributed by atoms with E-state index in [2.05, 4.69) is 10.1 Å². The molecule has 1 amide bonds. The zero-order chi connectivity index (χ0) is 30.4. The third-order valence-corrected chi connectivity index (χ3v) is 10.1. The second kappa shape index (κ2) is 11.8. The third kappa shape index (κ3) is 5.78. The number of carbonyl (C=O) groups excluding carboxylic acids is 2. The molecule has 5 rings (SSSR count). The Bertz CT molecular complexity index is 1350. The summed E-state index contributed by atoms with van der Waals surface area (Å²) in [6, 6.07) is -1.76. The Morgan fingerprint density at radius 2 is 1.60 bits per heavy atom. The largest absolute Gasteiger partial charge is 0.481 e. The molecule has 0 bridgehead atoms. The van der Waals surface area contributed by atoms with Crippen LogP contribution in [0.3, 0.4) is 0 Å². The second-order valence-corrected chi connectivity index (χ2v) is 13.0. The summed E-state index contributed by atoms with van der Waals surface area (Å²) in [5, 5.41) is 13.6. The number of aliphatic carboxylic acids is 1. The number of halogens is 5. The summed E-state index contributed by atoms with van der Waals surface area (Å²) in [4.78, 5) is 44.6. The van der Waals surface area contributed by atoms with Crippen molar-refractivity contribution in [2.24, 2.45) is 17.3 Å². The van der Waals surface area contributed by atoms with E-state index in [9.17, 15) is 32.7 Å². The minimum absolute atomic E-state index is 0.00384. The quantitative estimate of drug-likeness (QED) is 0.342. The molecule has 0 radical (unpaired) electrons. The first kappa shape index (κ1) is 30.8. The highest BCUT2D eigenvalue weighted by atomic mass is 35.5. The number of aromatic nitrogens is 3. The maximum absolute atomic E-state index is 14.6. The Morgan fingerprint density at radius 1 is 0.976 bits per heavy atom. The van der Waals surface area contributed by atoms with E-state index < -0.39 is 52.6 Å². The summed E-state index contributed by atoms with van der Waals surface area (Å²) in [6.45, 7) is 1.73. The highest BCUT2D eigenvalue weighted by molar-refractivity contribution is 6.40. The highest BCUT2D eigenvalue weighted by Gasteiger charge is 2.48. The van der Waals surface area contributed by atoms with E-state index in [1.165, 1.54) is 17.3 Å². The van der Waals surface area contributed by atoms with Gasteiger partial charge in [-0.25, -0.2) is 0 Å². The zero-order valence-corrected chi connectivity index (χ0v) is 24.7. The van der Waals surface area contributed by atoms with Gasteiger partial charge in [-0.05, 0) is 50.9 Å². The van der Waals surface area contributed by atoms with Crippen LogP contribution in [0, 0.1) is 17.3 Å². The lowest BCUT2D eigenvalue weighted by Crippen LogP contribution is -2.41. The molecule has 13 heteroatoms. The van der Waals surface area contributed by atoms with E-state index in [0.29, 0.717) is 6.42 Å². The van der Waals surface area contributed by atoms with Crippen LogP contribution in [0.1, 0.15) is 104 Å². The Kier molecular flexibility index (Phi) is 8.64. The summed E-state index contributed by atoms with van der Waals surface area (Å²) < 4.78 is 44.6. The maximum atomic E-state index is 14.6. The molecule has 2 aromatic heterocycles. The minimum atomic E-state index is -4.91. The first-order chi connectivity index (χ1) is 19.8. The Labute approximate surface area is 251 Å². The lowest BCUT2D eigenvalue weighted by Gasteiger charge is -2.34. The van der Waals surface area contributed by atoms with E-state index in [1.807, 2.05) is 0 Å². The monoisotopic (exact) mass is 628 g/mol. The second-order valence-electron chi connectivity index (χ2n) is 12.2. The predicted octanol–water partition coefficient (Wildman–Crippen LogP) is 7.10. The van der Waals surface area contributed by atoms with Crippen LogP contribution in [0.4, 0.5) is 13.2 Å². The van der Waals surface area contributed by atoms with Gasteiger partial charge >= 0.3 is 12.1 Å². The molecule has 2 aliphatic carbocycles. The van der Waals surface area contributed by atoms with Crippen molar-refractivity contribution in [3.05, 3.63) is 45.5 Å². The van der Waals surface area contributed by atoms with E-state index in [-0.39, 0.29) is 59.7 Å². The van der Waals surface area contributed by atoms with Gasteiger partial charge < -0.3 is 10.0 Å². The molecule has 1 saturated heterocycles. The standard InChI is InChI=1S/C29H33Cl2F3N4O4/c1-28(27(41)42)9-7-18(8-10-28)38-25(29(32,33)34)19(12-36-38)26(40)37-15-17(16-5-3-2-4-6-16)11-22(37)24(39)23-20(30)13-35-14-21(23)31/h12-14,16-18,22H,2-11,15H2,1H3,(H,41,42)/t17-,18?,22-,28?/m1/s1. The van der Waals surface area contributed by atoms with Crippen molar-refractivity contribution < 1.29 is 32.7 Å². The lowest BCUT2D eigenvalue weighted by molar-refractivity contribution is -0.152. The minimum Gasteiger partial charge on any atom is -0.481 e. The first-order valence-electron chi connectivity index (χ1n) is 14.3. The fourth-order valence-electron chi connectivity index (χ4n) is 7.03. The molecule has 3 aliphatic rings. The average Bonchev–Trinajstić information content (AvgIpc) is 3.59. The van der Waals surface area contributed by atoms with Crippen molar-refractivity contribution in [2.45, 2.75) is 89.4 Å². The van der Waals surface area contributed by atoms with Crippen molar-refractivity contribution >= 4 is 40.9 Å². The number of amides is 1. The number of rotatable bonds is 6. The van der Waals surface area contributed by atoms with Crippen molar-refractivity contribution in [3.63, 3.8) is 0 Å². The van der Waals surface area contributed by atoms with Crippen LogP contribution < -0.4 is 0 Å². The molecule has 0 aromatic carbocycles. The normalized spacial score (nSPS) is 27.3. The molecular weight excluding hydrogens is 596 g/mol. The smallest absolute Gasteiger partial charge is 0.433 e. The van der Waals surface area contributed by atoms with Crippen LogP contribution in [0.15, 0.2) is 18.6 Å². The number of Topliss-reactive ketones (excluding diaryl/α,β-unsaturated/α-hetero) is 1. The van der Waals surface area contributed by atoms with Gasteiger partial charge in [0, 0.05) is 18.9 Å². The lowest BCUT2D eigenvalue weighted by atomic mass is 9.74. The molecule has 2 aromatic rings. The van der Waals surface area contributed by atoms with Gasteiger partial charge in [-0.3, -0.25) is 24.0 Å². The zero-order valence-electron chi connectivity index (χ0n) is 23.2. The van der Waals surface area contributed by atoms with Gasteiger partial charge in [-0.15, -0.1) is 0 Å². The summed E-state index contributed by atoms with van der Waals surface area (Å²) >= 11 is 12.6. The third-order valence-electron chi connectivity index (χ3n) is 9.53. The average molecular weight is 630 g/mol. The number of ketones is 1. The fourth-order valence-corrected chi connectivity index (χ4v) is 7.58. The van der Waals surface area contributed by atoms with E-state index in [0.717, 1.165) is 43.0 Å². The number of carboxylic acids is 1. The summed E-state index contributed by atoms with van der Waals surface area (Å²) in [7, 11) is 0. The van der Waals surface area contributed by atoms with E-state index in [4.69, 9.17) is 23.2 Å². The Balaban J connectivity index is 1.49. The van der Waals surface area contributed by atoms with Crippen molar-refractivity contribution in [2.75, 3.05) is 6.54 Å².